The van der Waals surface area contributed by atoms with Crippen LogP contribution in [0.1, 0.15) is 26.3 Å². The summed E-state index contributed by atoms with van der Waals surface area (Å²) in [6, 6.07) is -0.773. The second-order valence-electron chi connectivity index (χ2n) is 7.46. The smallest absolute Gasteiger partial charge is 0.280 e. The summed E-state index contributed by atoms with van der Waals surface area (Å²) in [6.45, 7) is 3.10. The summed E-state index contributed by atoms with van der Waals surface area (Å²) in [5.41, 5.74) is -1.23. The predicted octanol–water partition coefficient (Wildman–Crippen LogP) is -0.0336. The SMILES string of the molecule is CC(C)C(=O)Nc1nc2c(ncn2[C@H]2[C@H](F)[C@H](O)[C@]3(CO)C[C@H]23)c(=O)[nH]1. The lowest BCUT2D eigenvalue weighted by Gasteiger charge is -2.21. The first-order valence-electron chi connectivity index (χ1n) is 8.51. The van der Waals surface area contributed by atoms with Crippen molar-refractivity contribution in [2.45, 2.75) is 38.6 Å². The Morgan fingerprint density at radius 2 is 2.31 bits per heavy atom. The van der Waals surface area contributed by atoms with Crippen molar-refractivity contribution < 1.29 is 19.4 Å². The molecule has 0 bridgehead atoms. The maximum atomic E-state index is 14.7. The molecule has 0 unspecified atom stereocenters. The molecular weight excluding hydrogens is 345 g/mol. The minimum atomic E-state index is -1.60. The number of carbonyl (C=O) groups excluding carboxylic acids is 1. The van der Waals surface area contributed by atoms with E-state index in [0.29, 0.717) is 6.42 Å². The Morgan fingerprint density at radius 3 is 2.92 bits per heavy atom. The highest BCUT2D eigenvalue weighted by molar-refractivity contribution is 5.91. The molecule has 4 rings (SSSR count). The Bertz CT molecular complexity index is 940. The highest BCUT2D eigenvalue weighted by Gasteiger charge is 2.72. The maximum Gasteiger partial charge on any atom is 0.280 e. The minimum Gasteiger partial charge on any atom is -0.396 e. The zero-order valence-corrected chi connectivity index (χ0v) is 14.3. The molecule has 0 aliphatic heterocycles. The average Bonchev–Trinajstić information content (AvgIpc) is 3.11. The number of nitrogens with one attached hydrogen (secondary N) is 2. The quantitative estimate of drug-likeness (QED) is 0.601. The lowest BCUT2D eigenvalue weighted by molar-refractivity contribution is -0.118. The van der Waals surface area contributed by atoms with Gasteiger partial charge < -0.3 is 14.8 Å². The number of amides is 1. The Morgan fingerprint density at radius 1 is 1.58 bits per heavy atom. The zero-order valence-electron chi connectivity index (χ0n) is 14.3. The van der Waals surface area contributed by atoms with E-state index in [9.17, 15) is 24.2 Å². The van der Waals surface area contributed by atoms with Gasteiger partial charge in [0.05, 0.1) is 25.1 Å². The van der Waals surface area contributed by atoms with E-state index in [0.717, 1.165) is 0 Å². The summed E-state index contributed by atoms with van der Waals surface area (Å²) in [6.07, 6.45) is -1.07. The van der Waals surface area contributed by atoms with Gasteiger partial charge in [-0.1, -0.05) is 13.8 Å². The minimum absolute atomic E-state index is 0.0244. The van der Waals surface area contributed by atoms with Crippen LogP contribution in [-0.2, 0) is 4.79 Å². The molecule has 4 N–H and O–H groups in total. The number of carbonyl (C=O) groups is 1. The molecule has 2 fully saturated rings. The number of alkyl halides is 1. The van der Waals surface area contributed by atoms with Crippen molar-refractivity contribution in [3.05, 3.63) is 16.7 Å². The summed E-state index contributed by atoms with van der Waals surface area (Å²) < 4.78 is 16.1. The summed E-state index contributed by atoms with van der Waals surface area (Å²) in [5, 5.41) is 22.2. The number of imidazole rings is 1. The predicted molar refractivity (Wildman–Crippen MR) is 89.2 cm³/mol. The number of halogens is 1. The average molecular weight is 365 g/mol. The van der Waals surface area contributed by atoms with Gasteiger partial charge >= 0.3 is 0 Å². The fourth-order valence-corrected chi connectivity index (χ4v) is 3.96. The third-order valence-corrected chi connectivity index (χ3v) is 5.62. The first kappa shape index (κ1) is 17.1. The molecular formula is C16H20FN5O4. The van der Waals surface area contributed by atoms with Crippen molar-refractivity contribution in [2.75, 3.05) is 11.9 Å². The molecule has 0 spiro atoms. The second kappa shape index (κ2) is 5.58. The summed E-state index contributed by atoms with van der Waals surface area (Å²) in [4.78, 5) is 34.8. The van der Waals surface area contributed by atoms with Gasteiger partial charge in [0.15, 0.2) is 11.2 Å². The molecule has 0 aromatic carbocycles. The van der Waals surface area contributed by atoms with E-state index in [4.69, 9.17) is 0 Å². The molecule has 0 radical (unpaired) electrons. The van der Waals surface area contributed by atoms with Crippen LogP contribution in [0, 0.1) is 17.3 Å². The van der Waals surface area contributed by atoms with Gasteiger partial charge in [-0.25, -0.2) is 9.37 Å². The van der Waals surface area contributed by atoms with E-state index < -0.39 is 29.3 Å². The van der Waals surface area contributed by atoms with Crippen LogP contribution in [0.2, 0.25) is 0 Å². The van der Waals surface area contributed by atoms with E-state index in [-0.39, 0.29) is 41.5 Å². The molecule has 2 aliphatic carbocycles. The van der Waals surface area contributed by atoms with Gasteiger partial charge in [0.25, 0.3) is 5.56 Å². The highest BCUT2D eigenvalue weighted by atomic mass is 19.1. The molecule has 2 saturated carbocycles. The number of aliphatic hydroxyl groups excluding tert-OH is 2. The number of fused-ring (bicyclic) bond motifs is 2. The summed E-state index contributed by atoms with van der Waals surface area (Å²) in [7, 11) is 0. The number of hydrogen-bond acceptors (Lipinski definition) is 6. The molecule has 2 aromatic rings. The van der Waals surface area contributed by atoms with Crippen LogP contribution < -0.4 is 10.9 Å². The topological polar surface area (TPSA) is 133 Å². The first-order valence-corrected chi connectivity index (χ1v) is 8.51. The number of aliphatic hydroxyl groups is 2. The van der Waals surface area contributed by atoms with Crippen LogP contribution in [0.5, 0.6) is 0 Å². The van der Waals surface area contributed by atoms with Gasteiger partial charge in [-0.2, -0.15) is 4.98 Å². The number of hydrogen-bond donors (Lipinski definition) is 4. The Labute approximate surface area is 147 Å². The first-order chi connectivity index (χ1) is 12.3. The van der Waals surface area contributed by atoms with Gasteiger partial charge in [0.1, 0.15) is 6.17 Å². The van der Waals surface area contributed by atoms with E-state index in [2.05, 4.69) is 20.3 Å². The van der Waals surface area contributed by atoms with E-state index in [1.54, 1.807) is 13.8 Å². The van der Waals surface area contributed by atoms with Crippen LogP contribution in [0.3, 0.4) is 0 Å². The number of nitrogens with zero attached hydrogens (tertiary/aromatic N) is 3. The van der Waals surface area contributed by atoms with Gasteiger partial charge in [-0.05, 0) is 12.3 Å². The van der Waals surface area contributed by atoms with E-state index >= 15 is 0 Å². The molecule has 26 heavy (non-hydrogen) atoms. The fourth-order valence-electron chi connectivity index (χ4n) is 3.96. The normalized spacial score (nSPS) is 32.8. The van der Waals surface area contributed by atoms with E-state index in [1.807, 2.05) is 0 Å². The second-order valence-corrected chi connectivity index (χ2v) is 7.46. The van der Waals surface area contributed by atoms with Gasteiger partial charge in [0.2, 0.25) is 11.9 Å². The molecule has 10 heteroatoms. The number of anilines is 1. The van der Waals surface area contributed by atoms with Crippen LogP contribution in [0.15, 0.2) is 11.1 Å². The van der Waals surface area contributed by atoms with Crippen molar-refractivity contribution in [3.63, 3.8) is 0 Å². The summed E-state index contributed by atoms with van der Waals surface area (Å²) in [5.74, 6) is -0.928. The molecule has 5 atom stereocenters. The van der Waals surface area contributed by atoms with E-state index in [1.165, 1.54) is 10.9 Å². The van der Waals surface area contributed by atoms with Crippen molar-refractivity contribution in [1.82, 2.24) is 19.5 Å². The number of H-pyrrole nitrogens is 1. The number of aromatic nitrogens is 4. The molecule has 2 heterocycles. The standard InChI is InChI=1S/C16H20FN5O4/c1-6(2)13(25)20-15-19-12-9(14(26)21-15)18-5-22(12)10-7-3-16(7,4-23)11(24)8(10)17/h5-8,10-11,23-24H,3-4H2,1-2H3,(H2,19,20,21,25,26)/t7-,8+,10-,11+,16+/m1/s1. The van der Waals surface area contributed by atoms with Gasteiger partial charge in [-0.3, -0.25) is 19.9 Å². The molecule has 0 saturated heterocycles. The Hall–Kier alpha value is -2.33. The van der Waals surface area contributed by atoms with Crippen LogP contribution in [0.4, 0.5) is 10.3 Å². The van der Waals surface area contributed by atoms with Crippen LogP contribution in [-0.4, -0.2) is 54.5 Å². The van der Waals surface area contributed by atoms with Crippen molar-refractivity contribution in [3.8, 4) is 0 Å². The van der Waals surface area contributed by atoms with Crippen molar-refractivity contribution in [2.24, 2.45) is 17.3 Å². The zero-order chi connectivity index (χ0) is 18.8. The number of rotatable bonds is 4. The Kier molecular flexibility index (Phi) is 3.67. The molecule has 2 aromatic heterocycles. The lowest BCUT2D eigenvalue weighted by Crippen LogP contribution is -2.32. The van der Waals surface area contributed by atoms with Crippen molar-refractivity contribution >= 4 is 23.0 Å². The van der Waals surface area contributed by atoms with Crippen LogP contribution >= 0.6 is 0 Å². The molecule has 2 aliphatic rings. The maximum absolute atomic E-state index is 14.7. The third kappa shape index (κ3) is 2.21. The fraction of sp³-hybridized carbons (Fsp3) is 0.625. The molecule has 1 amide bonds. The third-order valence-electron chi connectivity index (χ3n) is 5.62. The molecule has 140 valence electrons. The lowest BCUT2D eigenvalue weighted by atomic mass is 10.0. The van der Waals surface area contributed by atoms with Crippen molar-refractivity contribution in [1.29, 1.82) is 0 Å². The van der Waals surface area contributed by atoms with Crippen LogP contribution in [0.25, 0.3) is 11.2 Å². The monoisotopic (exact) mass is 365 g/mol. The summed E-state index contributed by atoms with van der Waals surface area (Å²) >= 11 is 0. The Balaban J connectivity index is 1.76. The highest BCUT2D eigenvalue weighted by Crippen LogP contribution is 2.68. The van der Waals surface area contributed by atoms with Gasteiger partial charge in [-0.15, -0.1) is 0 Å². The molecule has 9 nitrogen and oxygen atoms in total. The largest absolute Gasteiger partial charge is 0.396 e. The van der Waals surface area contributed by atoms with Gasteiger partial charge in [0, 0.05) is 11.3 Å². The number of aromatic amines is 1.